The average molecular weight is 633 g/mol. The van der Waals surface area contributed by atoms with Crippen molar-refractivity contribution >= 4 is 27.8 Å². The molecule has 5 N–H and O–H groups in total. The number of benzene rings is 2. The Morgan fingerprint density at radius 2 is 1.67 bits per heavy atom. The molecule has 11 nitrogen and oxygen atoms in total. The minimum atomic E-state index is -4.92. The molecule has 17 heteroatoms. The Kier molecular flexibility index (Phi) is 10.5. The van der Waals surface area contributed by atoms with E-state index in [0.717, 1.165) is 34.1 Å². The lowest BCUT2D eigenvalue weighted by Gasteiger charge is -2.38. The van der Waals surface area contributed by atoms with Crippen molar-refractivity contribution in [2.45, 2.75) is 43.1 Å². The van der Waals surface area contributed by atoms with Gasteiger partial charge in [0.2, 0.25) is 16.0 Å². The van der Waals surface area contributed by atoms with Crippen LogP contribution in [0.2, 0.25) is 0 Å². The molecular formula is C26H29F5N6O5S. The number of hydrogen-bond acceptors (Lipinski definition) is 9. The monoisotopic (exact) mass is 632 g/mol. The van der Waals surface area contributed by atoms with E-state index in [2.05, 4.69) is 14.7 Å². The van der Waals surface area contributed by atoms with Crippen molar-refractivity contribution in [1.29, 1.82) is 0 Å². The van der Waals surface area contributed by atoms with Crippen LogP contribution in [0.15, 0.2) is 65.7 Å². The van der Waals surface area contributed by atoms with E-state index in [4.69, 9.17) is 11.5 Å². The topological polar surface area (TPSA) is 165 Å². The van der Waals surface area contributed by atoms with Gasteiger partial charge >= 0.3 is 12.3 Å². The van der Waals surface area contributed by atoms with Gasteiger partial charge in [-0.05, 0) is 35.9 Å². The molecule has 2 aromatic carbocycles. The molecule has 1 aliphatic heterocycles. The van der Waals surface area contributed by atoms with Gasteiger partial charge in [-0.15, -0.1) is 13.2 Å². The van der Waals surface area contributed by atoms with E-state index in [0.29, 0.717) is 6.54 Å². The molecule has 1 aromatic heterocycles. The summed E-state index contributed by atoms with van der Waals surface area (Å²) in [6, 6.07) is 9.64. The number of anilines is 2. The lowest BCUT2D eigenvalue weighted by Crippen LogP contribution is -2.58. The number of carboxylic acid groups (broad SMARTS) is 1. The van der Waals surface area contributed by atoms with Gasteiger partial charge in [-0.3, -0.25) is 4.79 Å². The number of hydrogen-bond donors (Lipinski definition) is 3. The second-order valence-corrected chi connectivity index (χ2v) is 11.1. The van der Waals surface area contributed by atoms with Crippen LogP contribution in [0.4, 0.5) is 33.7 Å². The molecule has 2 heterocycles. The summed E-state index contributed by atoms with van der Waals surface area (Å²) in [5.41, 5.74) is 11.9. The second kappa shape index (κ2) is 13.5. The summed E-state index contributed by atoms with van der Waals surface area (Å²) >= 11 is 0. The molecular weight excluding hydrogens is 603 g/mol. The van der Waals surface area contributed by atoms with Gasteiger partial charge in [0.05, 0.1) is 4.90 Å². The highest BCUT2D eigenvalue weighted by atomic mass is 32.2. The maximum absolute atomic E-state index is 13.1. The number of nitrogens with zero attached hydrogens (tertiary/aromatic N) is 4. The highest BCUT2D eigenvalue weighted by Gasteiger charge is 2.41. The Bertz CT molecular complexity index is 1490. The normalized spacial score (nSPS) is 16.3. The number of aliphatic carboxylic acids is 1. The van der Waals surface area contributed by atoms with Crippen LogP contribution in [-0.4, -0.2) is 65.8 Å². The standard InChI is InChI=1S/C16H16F3N5O5S.C10H13F2N/c17-16(18,19)29-10-1-3-11(4-2-10)30(27,28)24-8-7-23(9-12(24)14(25)26)15-21-6-5-13(20)22-15;1-2-10(11,12)9-5-3-8(7-13)4-6-9/h1-6,12H,7-9H2,(H,25,26)(H2,20,21,22);3-6H,2,7,13H2,1H3/t12-;/m1./s1. The lowest BCUT2D eigenvalue weighted by atomic mass is 10.0. The number of halogens is 5. The molecule has 0 spiro atoms. The smallest absolute Gasteiger partial charge is 0.480 e. The van der Waals surface area contributed by atoms with Crippen molar-refractivity contribution in [1.82, 2.24) is 14.3 Å². The number of carbonyl (C=O) groups is 1. The van der Waals surface area contributed by atoms with Gasteiger partial charge in [0.25, 0.3) is 5.92 Å². The number of rotatable bonds is 8. The highest BCUT2D eigenvalue weighted by Crippen LogP contribution is 2.31. The fourth-order valence-corrected chi connectivity index (χ4v) is 5.55. The molecule has 234 valence electrons. The van der Waals surface area contributed by atoms with Crippen LogP contribution in [-0.2, 0) is 27.3 Å². The summed E-state index contributed by atoms with van der Waals surface area (Å²) in [5, 5.41) is 9.57. The Hall–Kier alpha value is -4.09. The third kappa shape index (κ3) is 8.71. The molecule has 1 fully saturated rings. The minimum absolute atomic E-state index is 0.0622. The Morgan fingerprint density at radius 3 is 2.19 bits per heavy atom. The van der Waals surface area contributed by atoms with Crippen molar-refractivity contribution in [2.24, 2.45) is 5.73 Å². The first-order valence-corrected chi connectivity index (χ1v) is 14.1. The van der Waals surface area contributed by atoms with Crippen LogP contribution in [0.5, 0.6) is 5.75 Å². The van der Waals surface area contributed by atoms with E-state index in [1.807, 2.05) is 0 Å². The number of nitrogen functional groups attached to an aromatic ring is 1. The van der Waals surface area contributed by atoms with Crippen molar-refractivity contribution < 1.29 is 45.0 Å². The fraction of sp³-hybridized carbons (Fsp3) is 0.346. The summed E-state index contributed by atoms with van der Waals surface area (Å²) in [4.78, 5) is 20.9. The van der Waals surface area contributed by atoms with E-state index in [1.165, 1.54) is 36.2 Å². The molecule has 43 heavy (non-hydrogen) atoms. The Morgan fingerprint density at radius 1 is 1.05 bits per heavy atom. The lowest BCUT2D eigenvalue weighted by molar-refractivity contribution is -0.274. The van der Waals surface area contributed by atoms with Crippen LogP contribution in [0.1, 0.15) is 24.5 Å². The fourth-order valence-electron chi connectivity index (χ4n) is 3.99. The SMILES string of the molecule is CCC(F)(F)c1ccc(CN)cc1.Nc1ccnc(N2CCN(S(=O)(=O)c3ccc(OC(F)(F)F)cc3)[C@@H](C(=O)O)C2)n1. The van der Waals surface area contributed by atoms with Crippen LogP contribution in [0.25, 0.3) is 0 Å². The molecule has 4 rings (SSSR count). The van der Waals surface area contributed by atoms with Crippen molar-refractivity contribution in [3.8, 4) is 5.75 Å². The zero-order valence-corrected chi connectivity index (χ0v) is 23.5. The van der Waals surface area contributed by atoms with E-state index in [-0.39, 0.29) is 48.3 Å². The van der Waals surface area contributed by atoms with Gasteiger partial charge in [0, 0.05) is 44.4 Å². The molecule has 3 aromatic rings. The van der Waals surface area contributed by atoms with Gasteiger partial charge in [-0.1, -0.05) is 31.2 Å². The molecule has 1 aliphatic rings. The van der Waals surface area contributed by atoms with Gasteiger partial charge in [0.1, 0.15) is 17.6 Å². The zero-order chi connectivity index (χ0) is 32.0. The maximum Gasteiger partial charge on any atom is 0.573 e. The first kappa shape index (κ1) is 33.4. The van der Waals surface area contributed by atoms with E-state index in [9.17, 15) is 40.3 Å². The van der Waals surface area contributed by atoms with E-state index >= 15 is 0 Å². The molecule has 0 unspecified atom stereocenters. The van der Waals surface area contributed by atoms with Crippen molar-refractivity contribution in [3.05, 3.63) is 71.9 Å². The van der Waals surface area contributed by atoms with Gasteiger partial charge < -0.3 is 26.2 Å². The summed E-state index contributed by atoms with van der Waals surface area (Å²) in [6.07, 6.45) is -3.70. The van der Waals surface area contributed by atoms with Crippen LogP contribution in [0.3, 0.4) is 0 Å². The van der Waals surface area contributed by atoms with Gasteiger partial charge in [-0.25, -0.2) is 22.2 Å². The molecule has 0 saturated carbocycles. The first-order valence-electron chi connectivity index (χ1n) is 12.7. The number of sulfonamides is 1. The molecule has 1 saturated heterocycles. The highest BCUT2D eigenvalue weighted by molar-refractivity contribution is 7.89. The summed E-state index contributed by atoms with van der Waals surface area (Å²) < 4.78 is 93.3. The largest absolute Gasteiger partial charge is 0.573 e. The average Bonchev–Trinajstić information content (AvgIpc) is 2.96. The summed E-state index contributed by atoms with van der Waals surface area (Å²) in [6.45, 7) is 1.49. The number of carboxylic acids is 1. The predicted octanol–water partition coefficient (Wildman–Crippen LogP) is 3.57. The van der Waals surface area contributed by atoms with E-state index < -0.39 is 40.1 Å². The molecule has 0 radical (unpaired) electrons. The molecule has 1 atom stereocenters. The van der Waals surface area contributed by atoms with Crippen LogP contribution in [0, 0.1) is 0 Å². The van der Waals surface area contributed by atoms with Crippen LogP contribution < -0.4 is 21.1 Å². The third-order valence-corrected chi connectivity index (χ3v) is 8.21. The Labute approximate surface area is 243 Å². The quantitative estimate of drug-likeness (QED) is 0.313. The number of nitrogens with two attached hydrogens (primary N) is 2. The molecule has 0 amide bonds. The predicted molar refractivity (Wildman–Crippen MR) is 146 cm³/mol. The molecule has 0 aliphatic carbocycles. The zero-order valence-electron chi connectivity index (χ0n) is 22.7. The van der Waals surface area contributed by atoms with Crippen molar-refractivity contribution in [2.75, 3.05) is 30.3 Å². The summed E-state index contributed by atoms with van der Waals surface area (Å²) in [7, 11) is -4.31. The number of alkyl halides is 5. The maximum atomic E-state index is 13.1. The first-order chi connectivity index (χ1) is 20.1. The van der Waals surface area contributed by atoms with Crippen molar-refractivity contribution in [3.63, 3.8) is 0 Å². The van der Waals surface area contributed by atoms with Crippen LogP contribution >= 0.6 is 0 Å². The second-order valence-electron chi connectivity index (χ2n) is 9.18. The van der Waals surface area contributed by atoms with Gasteiger partial charge in [-0.2, -0.15) is 9.29 Å². The summed E-state index contributed by atoms with van der Waals surface area (Å²) in [5.74, 6) is -4.38. The van der Waals surface area contributed by atoms with Gasteiger partial charge in [0.15, 0.2) is 0 Å². The van der Waals surface area contributed by atoms with E-state index in [1.54, 1.807) is 12.1 Å². The number of aromatic nitrogens is 2. The third-order valence-electron chi connectivity index (χ3n) is 6.28. The Balaban J connectivity index is 0.000000326. The number of ether oxygens (including phenoxy) is 1. The number of piperazine rings is 1. The minimum Gasteiger partial charge on any atom is -0.480 e. The molecule has 0 bridgehead atoms.